The van der Waals surface area contributed by atoms with Crippen LogP contribution in [-0.4, -0.2) is 42.3 Å². The number of fused-ring (bicyclic) bond motifs is 1. The van der Waals surface area contributed by atoms with Crippen LogP contribution in [0.25, 0.3) is 0 Å². The highest BCUT2D eigenvalue weighted by atomic mass is 32.2. The zero-order valence-corrected chi connectivity index (χ0v) is 17.4. The summed E-state index contributed by atoms with van der Waals surface area (Å²) in [6.45, 7) is 8.03. The van der Waals surface area contributed by atoms with E-state index in [1.54, 1.807) is 0 Å². The van der Waals surface area contributed by atoms with Gasteiger partial charge in [-0.25, -0.2) is 8.42 Å². The molecule has 2 atom stereocenters. The number of nitrogens with zero attached hydrogens (tertiary/aromatic N) is 2. The first-order chi connectivity index (χ1) is 12.3. The second kappa shape index (κ2) is 7.35. The van der Waals surface area contributed by atoms with Crippen molar-refractivity contribution in [2.24, 2.45) is 10.9 Å². The second-order valence-corrected chi connectivity index (χ2v) is 10.5. The Hall–Kier alpha value is -1.34. The Morgan fingerprint density at radius 2 is 1.85 bits per heavy atom. The Balaban J connectivity index is 2.06. The highest BCUT2D eigenvalue weighted by Gasteiger charge is 2.50. The first kappa shape index (κ1) is 19.4. The first-order valence-electron chi connectivity index (χ1n) is 9.12. The summed E-state index contributed by atoms with van der Waals surface area (Å²) < 4.78 is 24.3. The van der Waals surface area contributed by atoms with Crippen molar-refractivity contribution >= 4 is 38.4 Å². The molecule has 0 aliphatic carbocycles. The molecule has 2 aliphatic rings. The van der Waals surface area contributed by atoms with Crippen molar-refractivity contribution in [1.29, 1.82) is 0 Å². The smallest absolute Gasteiger partial charge is 0.251 e. The molecule has 0 bridgehead atoms. The number of carbonyl (C=O) groups is 1. The lowest BCUT2D eigenvalue weighted by Gasteiger charge is -2.28. The predicted octanol–water partition coefficient (Wildman–Crippen LogP) is 3.34. The van der Waals surface area contributed by atoms with Gasteiger partial charge in [0.25, 0.3) is 5.91 Å². The Kier molecular flexibility index (Phi) is 5.49. The molecule has 1 aromatic carbocycles. The van der Waals surface area contributed by atoms with Gasteiger partial charge in [-0.1, -0.05) is 43.8 Å². The van der Waals surface area contributed by atoms with Crippen molar-refractivity contribution < 1.29 is 13.2 Å². The molecule has 142 valence electrons. The molecule has 7 heteroatoms. The number of hydrogen-bond acceptors (Lipinski definition) is 4. The van der Waals surface area contributed by atoms with Crippen molar-refractivity contribution in [3.63, 3.8) is 0 Å². The minimum atomic E-state index is -3.05. The summed E-state index contributed by atoms with van der Waals surface area (Å²) in [6, 6.07) is 5.87. The average molecular weight is 395 g/mol. The number of para-hydroxylation sites is 1. The third kappa shape index (κ3) is 3.56. The zero-order valence-electron chi connectivity index (χ0n) is 15.7. The molecule has 0 saturated carbocycles. The van der Waals surface area contributed by atoms with Crippen LogP contribution in [0, 0.1) is 19.8 Å². The number of thioether (sulfide) groups is 1. The van der Waals surface area contributed by atoms with Crippen molar-refractivity contribution in [1.82, 2.24) is 0 Å². The van der Waals surface area contributed by atoms with E-state index in [1.807, 2.05) is 50.8 Å². The summed E-state index contributed by atoms with van der Waals surface area (Å²) in [5, 5.41) is 0.594. The van der Waals surface area contributed by atoms with Gasteiger partial charge >= 0.3 is 0 Å². The van der Waals surface area contributed by atoms with Crippen LogP contribution in [0.2, 0.25) is 0 Å². The van der Waals surface area contributed by atoms with E-state index in [-0.39, 0.29) is 34.6 Å². The molecule has 1 aromatic rings. The number of anilines is 1. The van der Waals surface area contributed by atoms with Gasteiger partial charge in [0.1, 0.15) is 0 Å². The van der Waals surface area contributed by atoms with Crippen molar-refractivity contribution in [3.05, 3.63) is 29.3 Å². The molecule has 2 aliphatic heterocycles. The predicted molar refractivity (Wildman–Crippen MR) is 109 cm³/mol. The zero-order chi connectivity index (χ0) is 19.1. The van der Waals surface area contributed by atoms with Crippen LogP contribution in [-0.2, 0) is 14.6 Å². The molecule has 2 saturated heterocycles. The van der Waals surface area contributed by atoms with Gasteiger partial charge in [-0.2, -0.15) is 4.99 Å². The van der Waals surface area contributed by atoms with Crippen LogP contribution < -0.4 is 4.90 Å². The number of aryl methyl sites for hydroxylation is 2. The van der Waals surface area contributed by atoms with E-state index < -0.39 is 9.84 Å². The lowest BCUT2D eigenvalue weighted by Crippen LogP contribution is -2.38. The number of amides is 1. The third-order valence-corrected chi connectivity index (χ3v) is 8.50. The van der Waals surface area contributed by atoms with Crippen molar-refractivity contribution in [3.8, 4) is 0 Å². The van der Waals surface area contributed by atoms with Gasteiger partial charge < -0.3 is 4.90 Å². The number of rotatable bonds is 4. The van der Waals surface area contributed by atoms with Crippen LogP contribution >= 0.6 is 11.8 Å². The van der Waals surface area contributed by atoms with Gasteiger partial charge in [-0.15, -0.1) is 0 Å². The van der Waals surface area contributed by atoms with E-state index in [4.69, 9.17) is 0 Å². The summed E-state index contributed by atoms with van der Waals surface area (Å²) in [5.41, 5.74) is 3.12. The number of hydrogen-bond donors (Lipinski definition) is 0. The van der Waals surface area contributed by atoms with Crippen molar-refractivity contribution in [2.75, 3.05) is 16.4 Å². The maximum atomic E-state index is 12.6. The number of amidine groups is 1. The van der Waals surface area contributed by atoms with Crippen LogP contribution in [0.1, 0.15) is 37.8 Å². The molecule has 0 spiro atoms. The number of aliphatic imine (C=N–C) groups is 1. The maximum absolute atomic E-state index is 12.6. The normalized spacial score (nSPS) is 25.9. The van der Waals surface area contributed by atoms with Gasteiger partial charge in [0.2, 0.25) is 0 Å². The lowest BCUT2D eigenvalue weighted by atomic mass is 10.0. The SMILES string of the molecule is CCC(CC)C(=O)N=C1S[C@H]2CS(=O)(=O)C[C@@H]2N1c1c(C)cccc1C. The summed E-state index contributed by atoms with van der Waals surface area (Å²) in [7, 11) is -3.05. The molecule has 1 amide bonds. The van der Waals surface area contributed by atoms with Gasteiger partial charge in [0.15, 0.2) is 15.0 Å². The van der Waals surface area contributed by atoms with E-state index in [1.165, 1.54) is 11.8 Å². The largest absolute Gasteiger partial charge is 0.315 e. The van der Waals surface area contributed by atoms with E-state index in [9.17, 15) is 13.2 Å². The topological polar surface area (TPSA) is 66.8 Å². The fraction of sp³-hybridized carbons (Fsp3) is 0.579. The molecule has 0 unspecified atom stereocenters. The fourth-order valence-corrected chi connectivity index (χ4v) is 7.74. The quantitative estimate of drug-likeness (QED) is 0.783. The maximum Gasteiger partial charge on any atom is 0.251 e. The molecule has 2 heterocycles. The summed E-state index contributed by atoms with van der Waals surface area (Å²) in [6.07, 6.45) is 1.53. The molecule has 26 heavy (non-hydrogen) atoms. The highest BCUT2D eigenvalue weighted by molar-refractivity contribution is 8.16. The van der Waals surface area contributed by atoms with Crippen molar-refractivity contribution in [2.45, 2.75) is 51.8 Å². The fourth-order valence-electron chi connectivity index (χ4n) is 3.84. The third-order valence-electron chi connectivity index (χ3n) is 5.29. The van der Waals surface area contributed by atoms with Crippen LogP contribution in [0.4, 0.5) is 5.69 Å². The van der Waals surface area contributed by atoms with E-state index in [0.29, 0.717) is 5.17 Å². The Morgan fingerprint density at radius 3 is 2.42 bits per heavy atom. The first-order valence-corrected chi connectivity index (χ1v) is 11.8. The van der Waals surface area contributed by atoms with Gasteiger partial charge in [0, 0.05) is 16.9 Å². The van der Waals surface area contributed by atoms with E-state index >= 15 is 0 Å². The summed E-state index contributed by atoms with van der Waals surface area (Å²) in [5.74, 6) is 0.0992. The van der Waals surface area contributed by atoms with Gasteiger partial charge in [-0.3, -0.25) is 4.79 Å². The Morgan fingerprint density at radius 1 is 1.23 bits per heavy atom. The Labute approximate surface area is 160 Å². The number of sulfone groups is 1. The number of benzene rings is 1. The molecule has 3 rings (SSSR count). The summed E-state index contributed by atoms with van der Waals surface area (Å²) >= 11 is 1.45. The number of carbonyl (C=O) groups excluding carboxylic acids is 1. The van der Waals surface area contributed by atoms with E-state index in [0.717, 1.165) is 29.7 Å². The molecule has 2 fully saturated rings. The molecule has 0 N–H and O–H groups in total. The van der Waals surface area contributed by atoms with Crippen LogP contribution in [0.5, 0.6) is 0 Å². The second-order valence-electron chi connectivity index (χ2n) is 7.16. The average Bonchev–Trinajstić information content (AvgIpc) is 3.01. The minimum Gasteiger partial charge on any atom is -0.315 e. The standard InChI is InChI=1S/C19H26N2O3S2/c1-5-14(6-2)18(22)20-19-21(17-12(3)8-7-9-13(17)4)15-10-26(23,24)11-16(15)25-19/h7-9,14-16H,5-6,10-11H2,1-4H3/t15-,16-/m0/s1. The minimum absolute atomic E-state index is 0.0627. The molecule has 0 aromatic heterocycles. The highest BCUT2D eigenvalue weighted by Crippen LogP contribution is 2.43. The van der Waals surface area contributed by atoms with Crippen LogP contribution in [0.15, 0.2) is 23.2 Å². The van der Waals surface area contributed by atoms with E-state index in [2.05, 4.69) is 4.99 Å². The molecular formula is C19H26N2O3S2. The molecular weight excluding hydrogens is 368 g/mol. The summed E-state index contributed by atoms with van der Waals surface area (Å²) in [4.78, 5) is 19.1. The van der Waals surface area contributed by atoms with Gasteiger partial charge in [-0.05, 0) is 37.8 Å². The molecule has 0 radical (unpaired) electrons. The molecule has 5 nitrogen and oxygen atoms in total. The monoisotopic (exact) mass is 394 g/mol. The lowest BCUT2D eigenvalue weighted by molar-refractivity contribution is -0.121. The Bertz CT molecular complexity index is 824. The van der Waals surface area contributed by atoms with Crippen LogP contribution in [0.3, 0.4) is 0 Å². The van der Waals surface area contributed by atoms with Gasteiger partial charge in [0.05, 0.1) is 17.5 Å².